The highest BCUT2D eigenvalue weighted by molar-refractivity contribution is 4.75. The fourth-order valence-electron chi connectivity index (χ4n) is 2.11. The zero-order valence-corrected chi connectivity index (χ0v) is 8.18. The van der Waals surface area contributed by atoms with Crippen molar-refractivity contribution in [3.63, 3.8) is 0 Å². The van der Waals surface area contributed by atoms with E-state index in [1.54, 1.807) is 0 Å². The van der Waals surface area contributed by atoms with Crippen LogP contribution in [0.3, 0.4) is 0 Å². The van der Waals surface area contributed by atoms with Crippen molar-refractivity contribution in [2.75, 3.05) is 13.1 Å². The normalized spacial score (nSPS) is 22.5. The molecule has 1 saturated carbocycles. The Hall–Kier alpha value is -0.0800. The highest BCUT2D eigenvalue weighted by Gasteiger charge is 2.18. The van der Waals surface area contributed by atoms with E-state index >= 15 is 0 Å². The maximum absolute atomic E-state index is 5.44. The second-order valence-electron chi connectivity index (χ2n) is 3.93. The molecule has 0 spiro atoms. The van der Waals surface area contributed by atoms with E-state index < -0.39 is 0 Å². The lowest BCUT2D eigenvalue weighted by Gasteiger charge is -2.28. The van der Waals surface area contributed by atoms with Crippen LogP contribution in [0, 0.1) is 5.92 Å². The number of hydrogen-bond donors (Lipinski definition) is 2. The summed E-state index contributed by atoms with van der Waals surface area (Å²) in [4.78, 5) is 0. The van der Waals surface area contributed by atoms with E-state index in [4.69, 9.17) is 5.73 Å². The molecule has 2 heteroatoms. The predicted molar refractivity (Wildman–Crippen MR) is 53.1 cm³/mol. The van der Waals surface area contributed by atoms with Crippen LogP contribution in [0.4, 0.5) is 0 Å². The molecule has 2 nitrogen and oxygen atoms in total. The summed E-state index contributed by atoms with van der Waals surface area (Å²) >= 11 is 0. The molecule has 1 aliphatic carbocycles. The first-order chi connectivity index (χ1) is 5.84. The minimum absolute atomic E-state index is 0.675. The Balaban J connectivity index is 2.15. The fraction of sp³-hybridized carbons (Fsp3) is 1.00. The van der Waals surface area contributed by atoms with Gasteiger partial charge in [-0.15, -0.1) is 0 Å². The van der Waals surface area contributed by atoms with Gasteiger partial charge in [-0.25, -0.2) is 0 Å². The minimum Gasteiger partial charge on any atom is -0.329 e. The van der Waals surface area contributed by atoms with Crippen LogP contribution in [0.2, 0.25) is 0 Å². The molecular formula is C10H22N2. The largest absolute Gasteiger partial charge is 0.329 e. The number of rotatable bonds is 4. The van der Waals surface area contributed by atoms with Gasteiger partial charge in [0.2, 0.25) is 0 Å². The third kappa shape index (κ3) is 3.11. The van der Waals surface area contributed by atoms with Gasteiger partial charge in [0, 0.05) is 19.1 Å². The first-order valence-electron chi connectivity index (χ1n) is 5.28. The summed E-state index contributed by atoms with van der Waals surface area (Å²) in [6.07, 6.45) is 7.14. The highest BCUT2D eigenvalue weighted by Crippen LogP contribution is 2.25. The molecule has 1 rings (SSSR count). The molecule has 0 aromatic heterocycles. The molecule has 72 valence electrons. The molecule has 1 fully saturated rings. The van der Waals surface area contributed by atoms with E-state index in [1.807, 2.05) is 0 Å². The number of nitrogens with two attached hydrogens (primary N) is 1. The van der Waals surface area contributed by atoms with E-state index in [1.165, 1.54) is 32.1 Å². The second kappa shape index (κ2) is 5.55. The average Bonchev–Trinajstić information content (AvgIpc) is 2.15. The molecule has 0 bridgehead atoms. The van der Waals surface area contributed by atoms with Gasteiger partial charge in [0.15, 0.2) is 0 Å². The topological polar surface area (TPSA) is 38.0 Å². The molecule has 0 heterocycles. The Bertz CT molecular complexity index is 108. The zero-order valence-electron chi connectivity index (χ0n) is 8.18. The number of nitrogens with one attached hydrogen (secondary N) is 1. The van der Waals surface area contributed by atoms with E-state index in [0.717, 1.165) is 19.0 Å². The van der Waals surface area contributed by atoms with Gasteiger partial charge in [0.05, 0.1) is 0 Å². The van der Waals surface area contributed by atoms with Crippen molar-refractivity contribution in [3.05, 3.63) is 0 Å². The summed E-state index contributed by atoms with van der Waals surface area (Å²) < 4.78 is 0. The van der Waals surface area contributed by atoms with Crippen LogP contribution in [0.15, 0.2) is 0 Å². The molecular weight excluding hydrogens is 148 g/mol. The monoisotopic (exact) mass is 170 g/mol. The minimum atomic E-state index is 0.675. The standard InChI is InChI=1S/C10H22N2/c1-9(12-8-7-11)10-5-3-2-4-6-10/h9-10,12H,2-8,11H2,1H3. The summed E-state index contributed by atoms with van der Waals surface area (Å²) in [6, 6.07) is 0.675. The Morgan fingerprint density at radius 3 is 2.58 bits per heavy atom. The van der Waals surface area contributed by atoms with Crippen molar-refractivity contribution in [1.29, 1.82) is 0 Å². The highest BCUT2D eigenvalue weighted by atomic mass is 14.9. The van der Waals surface area contributed by atoms with Crippen molar-refractivity contribution in [2.24, 2.45) is 11.7 Å². The number of hydrogen-bond acceptors (Lipinski definition) is 2. The SMILES string of the molecule is CC(NCCN)C1CCCCC1. The molecule has 0 amide bonds. The van der Waals surface area contributed by atoms with Gasteiger partial charge in [-0.1, -0.05) is 19.3 Å². The second-order valence-corrected chi connectivity index (χ2v) is 3.93. The summed E-state index contributed by atoms with van der Waals surface area (Å²) in [5, 5.41) is 3.48. The Morgan fingerprint density at radius 2 is 2.00 bits per heavy atom. The van der Waals surface area contributed by atoms with Crippen LogP contribution >= 0.6 is 0 Å². The molecule has 0 radical (unpaired) electrons. The van der Waals surface area contributed by atoms with Crippen LogP contribution in [0.5, 0.6) is 0 Å². The Labute approximate surface area is 75.9 Å². The summed E-state index contributed by atoms with van der Waals surface area (Å²) in [5.41, 5.74) is 5.44. The molecule has 1 atom stereocenters. The molecule has 3 N–H and O–H groups in total. The lowest BCUT2D eigenvalue weighted by Crippen LogP contribution is -2.37. The molecule has 1 unspecified atom stereocenters. The van der Waals surface area contributed by atoms with E-state index in [-0.39, 0.29) is 0 Å². The van der Waals surface area contributed by atoms with Gasteiger partial charge in [-0.3, -0.25) is 0 Å². The quantitative estimate of drug-likeness (QED) is 0.671. The Kier molecular flexibility index (Phi) is 4.62. The van der Waals surface area contributed by atoms with Crippen LogP contribution in [0.25, 0.3) is 0 Å². The summed E-state index contributed by atoms with van der Waals surface area (Å²) in [6.45, 7) is 4.03. The van der Waals surface area contributed by atoms with Gasteiger partial charge in [-0.05, 0) is 25.7 Å². The average molecular weight is 170 g/mol. The summed E-state index contributed by atoms with van der Waals surface area (Å²) in [7, 11) is 0. The van der Waals surface area contributed by atoms with Gasteiger partial charge in [0.25, 0.3) is 0 Å². The van der Waals surface area contributed by atoms with Gasteiger partial charge in [0.1, 0.15) is 0 Å². The van der Waals surface area contributed by atoms with Crippen LogP contribution < -0.4 is 11.1 Å². The maximum atomic E-state index is 5.44. The maximum Gasteiger partial charge on any atom is 0.00770 e. The third-order valence-corrected chi connectivity index (χ3v) is 2.97. The van der Waals surface area contributed by atoms with Crippen LogP contribution in [-0.2, 0) is 0 Å². The predicted octanol–water partition coefficient (Wildman–Crippen LogP) is 1.50. The van der Waals surface area contributed by atoms with Crippen molar-refractivity contribution in [3.8, 4) is 0 Å². The molecule has 0 saturated heterocycles. The van der Waals surface area contributed by atoms with E-state index in [2.05, 4.69) is 12.2 Å². The van der Waals surface area contributed by atoms with Crippen LogP contribution in [-0.4, -0.2) is 19.1 Å². The third-order valence-electron chi connectivity index (χ3n) is 2.97. The van der Waals surface area contributed by atoms with E-state index in [9.17, 15) is 0 Å². The Morgan fingerprint density at radius 1 is 1.33 bits per heavy atom. The first kappa shape index (κ1) is 10.0. The van der Waals surface area contributed by atoms with Gasteiger partial charge >= 0.3 is 0 Å². The fourth-order valence-corrected chi connectivity index (χ4v) is 2.11. The van der Waals surface area contributed by atoms with Gasteiger partial charge < -0.3 is 11.1 Å². The molecule has 0 aliphatic heterocycles. The van der Waals surface area contributed by atoms with Crippen molar-refractivity contribution >= 4 is 0 Å². The molecule has 0 aromatic carbocycles. The lowest BCUT2D eigenvalue weighted by molar-refractivity contribution is 0.283. The molecule has 0 aromatic rings. The van der Waals surface area contributed by atoms with Crippen molar-refractivity contribution in [2.45, 2.75) is 45.1 Å². The first-order valence-corrected chi connectivity index (χ1v) is 5.28. The van der Waals surface area contributed by atoms with Crippen LogP contribution in [0.1, 0.15) is 39.0 Å². The molecule has 12 heavy (non-hydrogen) atoms. The van der Waals surface area contributed by atoms with Crippen molar-refractivity contribution in [1.82, 2.24) is 5.32 Å². The van der Waals surface area contributed by atoms with E-state index in [0.29, 0.717) is 6.04 Å². The molecule has 1 aliphatic rings. The van der Waals surface area contributed by atoms with Gasteiger partial charge in [-0.2, -0.15) is 0 Å². The smallest absolute Gasteiger partial charge is 0.00770 e. The lowest BCUT2D eigenvalue weighted by atomic mass is 9.84. The zero-order chi connectivity index (χ0) is 8.81. The van der Waals surface area contributed by atoms with Crippen molar-refractivity contribution < 1.29 is 0 Å². The summed E-state index contributed by atoms with van der Waals surface area (Å²) in [5.74, 6) is 0.908.